The molecule has 0 aromatic rings. The molecule has 0 bridgehead atoms. The molecule has 9 nitrogen and oxygen atoms in total. The number of aliphatic hydroxyl groups is 1. The van der Waals surface area contributed by atoms with Gasteiger partial charge in [0, 0.05) is 21.0 Å². The van der Waals surface area contributed by atoms with E-state index in [-0.39, 0.29) is 0 Å². The third-order valence-corrected chi connectivity index (χ3v) is 2.79. The number of carbonyl (C=O) groups is 3. The zero-order valence-electron chi connectivity index (χ0n) is 12.1. The molecule has 21 heavy (non-hydrogen) atoms. The smallest absolute Gasteiger partial charge is 0.338 e. The van der Waals surface area contributed by atoms with E-state index < -0.39 is 48.6 Å². The molecule has 0 saturated carbocycles. The summed E-state index contributed by atoms with van der Waals surface area (Å²) in [6, 6.07) is 0. The van der Waals surface area contributed by atoms with Gasteiger partial charge in [-0.25, -0.2) is 4.79 Å². The maximum atomic E-state index is 11.6. The van der Waals surface area contributed by atoms with E-state index in [0.717, 1.165) is 21.0 Å². The zero-order chi connectivity index (χ0) is 16.2. The second-order valence-electron chi connectivity index (χ2n) is 4.32. The topological polar surface area (TPSA) is 118 Å². The second kappa shape index (κ2) is 7.34. The third-order valence-electron chi connectivity index (χ3n) is 2.79. The summed E-state index contributed by atoms with van der Waals surface area (Å²) >= 11 is 0. The van der Waals surface area contributed by atoms with Crippen LogP contribution in [0.25, 0.3) is 0 Å². The van der Waals surface area contributed by atoms with Crippen molar-refractivity contribution < 1.29 is 43.2 Å². The summed E-state index contributed by atoms with van der Waals surface area (Å²) in [6.45, 7) is 2.25. The van der Waals surface area contributed by atoms with Crippen molar-refractivity contribution in [1.82, 2.24) is 0 Å². The third kappa shape index (κ3) is 4.13. The molecule has 0 radical (unpaired) electrons. The molecule has 0 unspecified atom stereocenters. The normalized spacial score (nSPS) is 32.1. The number of esters is 3. The van der Waals surface area contributed by atoms with Gasteiger partial charge in [0.2, 0.25) is 0 Å². The molecule has 0 aliphatic carbocycles. The lowest BCUT2D eigenvalue weighted by molar-refractivity contribution is -0.293. The number of ether oxygens (including phenoxy) is 5. The zero-order valence-corrected chi connectivity index (χ0v) is 12.1. The molecule has 120 valence electrons. The van der Waals surface area contributed by atoms with E-state index in [1.807, 2.05) is 0 Å². The van der Waals surface area contributed by atoms with Gasteiger partial charge in [-0.3, -0.25) is 9.59 Å². The quantitative estimate of drug-likeness (QED) is 0.502. The molecule has 0 aromatic carbocycles. The molecule has 1 rings (SSSR count). The van der Waals surface area contributed by atoms with Gasteiger partial charge in [-0.2, -0.15) is 0 Å². The SMILES string of the molecule is COC(=O)[C@H]1O[C@@H](OC)[C@H](OC(C)=O)[C@@H](OC(C)=O)[C@H]1O. The van der Waals surface area contributed by atoms with Gasteiger partial charge in [0.1, 0.15) is 6.10 Å². The highest BCUT2D eigenvalue weighted by atomic mass is 16.7. The minimum atomic E-state index is -1.57. The number of aliphatic hydroxyl groups excluding tert-OH is 1. The van der Waals surface area contributed by atoms with E-state index >= 15 is 0 Å². The Morgan fingerprint density at radius 3 is 1.95 bits per heavy atom. The van der Waals surface area contributed by atoms with Crippen LogP contribution in [0.2, 0.25) is 0 Å². The summed E-state index contributed by atoms with van der Waals surface area (Å²) in [5.74, 6) is -2.29. The van der Waals surface area contributed by atoms with E-state index in [0.29, 0.717) is 0 Å². The highest BCUT2D eigenvalue weighted by Gasteiger charge is 2.52. The minimum Gasteiger partial charge on any atom is -0.467 e. The molecule has 1 heterocycles. The fraction of sp³-hybridized carbons (Fsp3) is 0.750. The summed E-state index contributed by atoms with van der Waals surface area (Å²) in [6.07, 6.45) is -6.75. The Morgan fingerprint density at radius 2 is 1.52 bits per heavy atom. The van der Waals surface area contributed by atoms with Gasteiger partial charge in [-0.05, 0) is 0 Å². The Kier molecular flexibility index (Phi) is 6.06. The van der Waals surface area contributed by atoms with Crippen LogP contribution in [0.15, 0.2) is 0 Å². The molecule has 1 saturated heterocycles. The predicted octanol–water partition coefficient (Wildman–Crippen LogP) is -1.24. The van der Waals surface area contributed by atoms with Crippen LogP contribution in [-0.4, -0.2) is 67.9 Å². The van der Waals surface area contributed by atoms with Gasteiger partial charge in [-0.1, -0.05) is 0 Å². The van der Waals surface area contributed by atoms with Crippen molar-refractivity contribution >= 4 is 17.9 Å². The van der Waals surface area contributed by atoms with Crippen LogP contribution < -0.4 is 0 Å². The molecule has 1 N–H and O–H groups in total. The number of methoxy groups -OCH3 is 2. The van der Waals surface area contributed by atoms with Crippen molar-refractivity contribution in [2.24, 2.45) is 0 Å². The van der Waals surface area contributed by atoms with Crippen molar-refractivity contribution in [3.8, 4) is 0 Å². The maximum absolute atomic E-state index is 11.6. The van der Waals surface area contributed by atoms with Crippen molar-refractivity contribution in [2.75, 3.05) is 14.2 Å². The molecule has 1 aliphatic rings. The Morgan fingerprint density at radius 1 is 1.00 bits per heavy atom. The molecule has 9 heteroatoms. The monoisotopic (exact) mass is 306 g/mol. The average molecular weight is 306 g/mol. The van der Waals surface area contributed by atoms with Gasteiger partial charge in [0.05, 0.1) is 7.11 Å². The Bertz CT molecular complexity index is 408. The first-order valence-electron chi connectivity index (χ1n) is 6.10. The largest absolute Gasteiger partial charge is 0.467 e. The first kappa shape index (κ1) is 17.3. The lowest BCUT2D eigenvalue weighted by Crippen LogP contribution is -2.62. The lowest BCUT2D eigenvalue weighted by atomic mass is 9.98. The van der Waals surface area contributed by atoms with Crippen molar-refractivity contribution in [3.63, 3.8) is 0 Å². The fourth-order valence-electron chi connectivity index (χ4n) is 1.97. The molecule has 0 spiro atoms. The van der Waals surface area contributed by atoms with Crippen LogP contribution in [-0.2, 0) is 38.1 Å². The summed E-state index contributed by atoms with van der Waals surface area (Å²) in [7, 11) is 2.36. The molecule has 0 amide bonds. The van der Waals surface area contributed by atoms with Gasteiger partial charge in [0.25, 0.3) is 0 Å². The standard InChI is InChI=1S/C12H18O9/c1-5(13)19-8-7(15)9(11(16)17-3)21-12(18-4)10(8)20-6(2)14/h7-10,12,15H,1-4H3/t7-,8+,9+,10-,12-/m1/s1. The Labute approximate surface area is 121 Å². The second-order valence-corrected chi connectivity index (χ2v) is 4.32. The van der Waals surface area contributed by atoms with Crippen LogP contribution in [0.4, 0.5) is 0 Å². The predicted molar refractivity (Wildman–Crippen MR) is 64.8 cm³/mol. The lowest BCUT2D eigenvalue weighted by Gasteiger charge is -2.41. The summed E-state index contributed by atoms with van der Waals surface area (Å²) in [5.41, 5.74) is 0. The fourth-order valence-corrected chi connectivity index (χ4v) is 1.97. The van der Waals surface area contributed by atoms with Crippen LogP contribution in [0.3, 0.4) is 0 Å². The van der Waals surface area contributed by atoms with Crippen LogP contribution >= 0.6 is 0 Å². The van der Waals surface area contributed by atoms with Crippen molar-refractivity contribution in [3.05, 3.63) is 0 Å². The van der Waals surface area contributed by atoms with Crippen molar-refractivity contribution in [2.45, 2.75) is 44.6 Å². The van der Waals surface area contributed by atoms with Crippen LogP contribution in [0.5, 0.6) is 0 Å². The summed E-state index contributed by atoms with van der Waals surface area (Å²) in [4.78, 5) is 33.9. The summed E-state index contributed by atoms with van der Waals surface area (Å²) in [5, 5.41) is 10.1. The minimum absolute atomic E-state index is 0.688. The number of rotatable bonds is 4. The van der Waals surface area contributed by atoms with Crippen molar-refractivity contribution in [1.29, 1.82) is 0 Å². The molecule has 1 aliphatic heterocycles. The van der Waals surface area contributed by atoms with Crippen LogP contribution in [0, 0.1) is 0 Å². The first-order chi connectivity index (χ1) is 9.81. The molecular weight excluding hydrogens is 288 g/mol. The summed E-state index contributed by atoms with van der Waals surface area (Å²) < 4.78 is 24.6. The molecule has 0 aromatic heterocycles. The molecular formula is C12H18O9. The van der Waals surface area contributed by atoms with Gasteiger partial charge < -0.3 is 28.8 Å². The average Bonchev–Trinajstić information content (AvgIpc) is 2.41. The van der Waals surface area contributed by atoms with E-state index in [1.165, 1.54) is 7.11 Å². The number of carbonyl (C=O) groups excluding carboxylic acids is 3. The Hall–Kier alpha value is -1.71. The van der Waals surface area contributed by atoms with Gasteiger partial charge in [0.15, 0.2) is 24.6 Å². The van der Waals surface area contributed by atoms with E-state index in [1.54, 1.807) is 0 Å². The Balaban J connectivity index is 3.07. The number of hydrogen-bond donors (Lipinski definition) is 1. The number of hydrogen-bond acceptors (Lipinski definition) is 9. The highest BCUT2D eigenvalue weighted by Crippen LogP contribution is 2.27. The maximum Gasteiger partial charge on any atom is 0.338 e. The molecule has 5 atom stereocenters. The molecule has 1 fully saturated rings. The highest BCUT2D eigenvalue weighted by molar-refractivity contribution is 5.76. The van der Waals surface area contributed by atoms with Gasteiger partial charge >= 0.3 is 17.9 Å². The van der Waals surface area contributed by atoms with Gasteiger partial charge in [-0.15, -0.1) is 0 Å². The van der Waals surface area contributed by atoms with E-state index in [9.17, 15) is 19.5 Å². The van der Waals surface area contributed by atoms with E-state index in [4.69, 9.17) is 18.9 Å². The van der Waals surface area contributed by atoms with E-state index in [2.05, 4.69) is 4.74 Å². The van der Waals surface area contributed by atoms with Crippen LogP contribution in [0.1, 0.15) is 13.8 Å². The first-order valence-corrected chi connectivity index (χ1v) is 6.10.